The molecule has 260 valence electrons. The van der Waals surface area contributed by atoms with Crippen LogP contribution in [0.2, 0.25) is 0 Å². The summed E-state index contributed by atoms with van der Waals surface area (Å²) in [6.07, 6.45) is 4.36. The van der Waals surface area contributed by atoms with Crippen molar-refractivity contribution in [2.45, 2.75) is 13.8 Å². The standard InChI is InChI=1S/C52H42N2/c1-39-36-40(2)38-52(37-39)54(50-32-26-45(27-33-50)43-12-6-3-7-13-43)51-34-28-46(29-35-51)44-24-20-41(21-25-44)18-19-42-22-30-49(31-23-42)53(47-14-8-4-9-15-47)48-16-10-5-11-17-48/h3-38H,1-2H3. The van der Waals surface area contributed by atoms with Gasteiger partial charge < -0.3 is 9.80 Å². The summed E-state index contributed by atoms with van der Waals surface area (Å²) in [7, 11) is 0. The lowest BCUT2D eigenvalue weighted by Crippen LogP contribution is -2.10. The van der Waals surface area contributed by atoms with Crippen LogP contribution in [-0.2, 0) is 0 Å². The molecule has 54 heavy (non-hydrogen) atoms. The van der Waals surface area contributed by atoms with Gasteiger partial charge in [0.15, 0.2) is 0 Å². The lowest BCUT2D eigenvalue weighted by molar-refractivity contribution is 1.25. The fourth-order valence-corrected chi connectivity index (χ4v) is 7.08. The Hall–Kier alpha value is -6.90. The van der Waals surface area contributed by atoms with E-state index in [1.807, 2.05) is 0 Å². The third-order valence-electron chi connectivity index (χ3n) is 9.72. The summed E-state index contributed by atoms with van der Waals surface area (Å²) in [4.78, 5) is 4.63. The molecule has 8 rings (SSSR count). The van der Waals surface area contributed by atoms with Crippen LogP contribution in [0.15, 0.2) is 206 Å². The van der Waals surface area contributed by atoms with Crippen molar-refractivity contribution >= 4 is 46.3 Å². The zero-order chi connectivity index (χ0) is 36.7. The first-order chi connectivity index (χ1) is 26.6. The Bertz CT molecular complexity index is 2390. The zero-order valence-electron chi connectivity index (χ0n) is 30.7. The van der Waals surface area contributed by atoms with Crippen molar-refractivity contribution in [3.8, 4) is 22.3 Å². The van der Waals surface area contributed by atoms with E-state index in [0.29, 0.717) is 0 Å². The first kappa shape index (κ1) is 34.2. The Balaban J connectivity index is 0.997. The molecule has 0 aliphatic carbocycles. The van der Waals surface area contributed by atoms with Gasteiger partial charge in [-0.2, -0.15) is 0 Å². The lowest BCUT2D eigenvalue weighted by Gasteiger charge is -2.26. The van der Waals surface area contributed by atoms with Gasteiger partial charge in [-0.3, -0.25) is 0 Å². The number of nitrogens with zero attached hydrogens (tertiary/aromatic N) is 2. The molecule has 0 bridgehead atoms. The predicted molar refractivity (Wildman–Crippen MR) is 232 cm³/mol. The van der Waals surface area contributed by atoms with Gasteiger partial charge in [0.1, 0.15) is 0 Å². The molecule has 8 aromatic rings. The molecule has 0 fully saturated rings. The number of hydrogen-bond donors (Lipinski definition) is 0. The zero-order valence-corrected chi connectivity index (χ0v) is 30.7. The minimum absolute atomic E-state index is 1.12. The van der Waals surface area contributed by atoms with Gasteiger partial charge in [-0.15, -0.1) is 0 Å². The fraction of sp³-hybridized carbons (Fsp3) is 0.0385. The van der Waals surface area contributed by atoms with Crippen LogP contribution in [0, 0.1) is 13.8 Å². The Labute approximate surface area is 319 Å². The number of anilines is 6. The van der Waals surface area contributed by atoms with Gasteiger partial charge in [-0.25, -0.2) is 0 Å². The molecular weight excluding hydrogens is 653 g/mol. The molecule has 0 atom stereocenters. The maximum absolute atomic E-state index is 2.35. The lowest BCUT2D eigenvalue weighted by atomic mass is 10.0. The second-order valence-corrected chi connectivity index (χ2v) is 13.7. The van der Waals surface area contributed by atoms with E-state index in [0.717, 1.165) is 45.3 Å². The molecule has 0 spiro atoms. The summed E-state index contributed by atoms with van der Waals surface area (Å²) in [5.74, 6) is 0. The Kier molecular flexibility index (Phi) is 9.99. The Morgan fingerprint density at radius 2 is 0.574 bits per heavy atom. The largest absolute Gasteiger partial charge is 0.311 e. The topological polar surface area (TPSA) is 6.48 Å². The molecule has 0 saturated carbocycles. The van der Waals surface area contributed by atoms with Crippen molar-refractivity contribution < 1.29 is 0 Å². The van der Waals surface area contributed by atoms with Gasteiger partial charge in [0.25, 0.3) is 0 Å². The molecule has 0 aliphatic heterocycles. The molecule has 8 aromatic carbocycles. The molecule has 0 N–H and O–H groups in total. The van der Waals surface area contributed by atoms with E-state index in [4.69, 9.17) is 0 Å². The normalized spacial score (nSPS) is 11.1. The van der Waals surface area contributed by atoms with Gasteiger partial charge in [0.2, 0.25) is 0 Å². The molecule has 2 heteroatoms. The van der Waals surface area contributed by atoms with Crippen LogP contribution in [0.3, 0.4) is 0 Å². The number of hydrogen-bond acceptors (Lipinski definition) is 2. The molecule has 2 nitrogen and oxygen atoms in total. The molecular formula is C52H42N2. The monoisotopic (exact) mass is 694 g/mol. The van der Waals surface area contributed by atoms with Gasteiger partial charge in [0.05, 0.1) is 0 Å². The van der Waals surface area contributed by atoms with Crippen LogP contribution in [0.4, 0.5) is 34.1 Å². The first-order valence-electron chi connectivity index (χ1n) is 18.5. The van der Waals surface area contributed by atoms with E-state index in [2.05, 4.69) is 242 Å². The molecule has 0 amide bonds. The average Bonchev–Trinajstić information content (AvgIpc) is 3.22. The SMILES string of the molecule is Cc1cc(C)cc(N(c2ccc(-c3ccccc3)cc2)c2ccc(-c3ccc(C=Cc4ccc(N(c5ccccc5)c5ccccc5)cc4)cc3)cc2)c1. The van der Waals surface area contributed by atoms with Gasteiger partial charge in [-0.1, -0.05) is 146 Å². The van der Waals surface area contributed by atoms with Crippen LogP contribution in [0.5, 0.6) is 0 Å². The highest BCUT2D eigenvalue weighted by Gasteiger charge is 2.15. The van der Waals surface area contributed by atoms with Crippen molar-refractivity contribution in [2.75, 3.05) is 9.80 Å². The van der Waals surface area contributed by atoms with Crippen molar-refractivity contribution in [1.82, 2.24) is 0 Å². The smallest absolute Gasteiger partial charge is 0.0466 e. The predicted octanol–water partition coefficient (Wildman–Crippen LogP) is 14.7. The van der Waals surface area contributed by atoms with Crippen LogP contribution in [-0.4, -0.2) is 0 Å². The van der Waals surface area contributed by atoms with Gasteiger partial charge in [-0.05, 0) is 131 Å². The summed E-state index contributed by atoms with van der Waals surface area (Å²) >= 11 is 0. The highest BCUT2D eigenvalue weighted by molar-refractivity contribution is 5.81. The van der Waals surface area contributed by atoms with Crippen LogP contribution in [0.25, 0.3) is 34.4 Å². The second kappa shape index (κ2) is 15.8. The van der Waals surface area contributed by atoms with E-state index in [1.54, 1.807) is 0 Å². The molecule has 0 aromatic heterocycles. The summed E-state index contributed by atoms with van der Waals surface area (Å²) in [5, 5.41) is 0. The average molecular weight is 695 g/mol. The third kappa shape index (κ3) is 7.79. The first-order valence-corrected chi connectivity index (χ1v) is 18.5. The summed E-state index contributed by atoms with van der Waals surface area (Å²) in [6.45, 7) is 4.33. The second-order valence-electron chi connectivity index (χ2n) is 13.7. The van der Waals surface area contributed by atoms with Crippen molar-refractivity contribution in [3.05, 3.63) is 229 Å². The van der Waals surface area contributed by atoms with Gasteiger partial charge in [0, 0.05) is 34.1 Å². The fourth-order valence-electron chi connectivity index (χ4n) is 7.08. The molecule has 0 radical (unpaired) electrons. The number of aryl methyl sites for hydroxylation is 2. The van der Waals surface area contributed by atoms with Crippen molar-refractivity contribution in [1.29, 1.82) is 0 Å². The van der Waals surface area contributed by atoms with E-state index in [9.17, 15) is 0 Å². The maximum atomic E-state index is 2.35. The molecule has 0 unspecified atom stereocenters. The summed E-state index contributed by atoms with van der Waals surface area (Å²) in [5.41, 5.74) is 16.4. The Morgan fingerprint density at radius 1 is 0.278 bits per heavy atom. The third-order valence-corrected chi connectivity index (χ3v) is 9.72. The van der Waals surface area contributed by atoms with Crippen LogP contribution in [0.1, 0.15) is 22.3 Å². The summed E-state index contributed by atoms with van der Waals surface area (Å²) < 4.78 is 0. The van der Waals surface area contributed by atoms with E-state index >= 15 is 0 Å². The number of para-hydroxylation sites is 2. The molecule has 0 heterocycles. The molecule has 0 aliphatic rings. The highest BCUT2D eigenvalue weighted by atomic mass is 15.1. The Morgan fingerprint density at radius 3 is 1.00 bits per heavy atom. The van der Waals surface area contributed by atoms with E-state index < -0.39 is 0 Å². The molecule has 0 saturated heterocycles. The van der Waals surface area contributed by atoms with Crippen molar-refractivity contribution in [2.24, 2.45) is 0 Å². The van der Waals surface area contributed by atoms with E-state index in [1.165, 1.54) is 33.4 Å². The highest BCUT2D eigenvalue weighted by Crippen LogP contribution is 2.38. The maximum Gasteiger partial charge on any atom is 0.0466 e. The minimum Gasteiger partial charge on any atom is -0.311 e. The number of benzene rings is 8. The summed E-state index contributed by atoms with van der Waals surface area (Å²) in [6, 6.07) is 73.6. The minimum atomic E-state index is 1.12. The van der Waals surface area contributed by atoms with E-state index in [-0.39, 0.29) is 0 Å². The quantitative estimate of drug-likeness (QED) is 0.132. The van der Waals surface area contributed by atoms with Crippen LogP contribution >= 0.6 is 0 Å². The number of rotatable bonds is 10. The van der Waals surface area contributed by atoms with Crippen LogP contribution < -0.4 is 9.80 Å². The van der Waals surface area contributed by atoms with Crippen molar-refractivity contribution in [3.63, 3.8) is 0 Å². The van der Waals surface area contributed by atoms with Gasteiger partial charge >= 0.3 is 0 Å².